The minimum Gasteiger partial charge on any atom is -0.491 e. The Labute approximate surface area is 130 Å². The summed E-state index contributed by atoms with van der Waals surface area (Å²) in [5.74, 6) is -0.439. The normalized spacial score (nSPS) is 19.0. The van der Waals surface area contributed by atoms with Crippen LogP contribution < -0.4 is 4.74 Å². The number of hydrogen-bond donors (Lipinski definition) is 0. The lowest BCUT2D eigenvalue weighted by atomic mass is 10.1. The van der Waals surface area contributed by atoms with Crippen LogP contribution in [0.15, 0.2) is 24.3 Å². The molecule has 0 aromatic heterocycles. The number of benzene rings is 1. The van der Waals surface area contributed by atoms with Gasteiger partial charge in [0.1, 0.15) is 5.75 Å². The molecule has 1 atom stereocenters. The molecule has 5 nitrogen and oxygen atoms in total. The molecule has 0 saturated carbocycles. The summed E-state index contributed by atoms with van der Waals surface area (Å²) in [7, 11) is -4.54. The molecule has 1 fully saturated rings. The van der Waals surface area contributed by atoms with Gasteiger partial charge in [-0.3, -0.25) is 4.79 Å². The van der Waals surface area contributed by atoms with Crippen LogP contribution in [-0.2, 0) is 21.6 Å². The molecule has 0 N–H and O–H groups in total. The van der Waals surface area contributed by atoms with E-state index in [0.717, 1.165) is 11.3 Å². The maximum atomic E-state index is 12.7. The van der Waals surface area contributed by atoms with Gasteiger partial charge in [0.25, 0.3) is 0 Å². The van der Waals surface area contributed by atoms with Crippen LogP contribution in [0, 0.1) is 5.92 Å². The molecular weight excluding hydrogens is 309 g/mol. The van der Waals surface area contributed by atoms with E-state index in [1.807, 2.05) is 38.1 Å². The monoisotopic (exact) mass is 329 g/mol. The number of likely N-dealkylation sites (tertiary alicyclic amines) is 1. The lowest BCUT2D eigenvalue weighted by molar-refractivity contribution is -0.128. The van der Waals surface area contributed by atoms with Crippen LogP contribution in [0.4, 0.5) is 3.89 Å². The predicted octanol–water partition coefficient (Wildman–Crippen LogP) is 2.12. The van der Waals surface area contributed by atoms with E-state index in [2.05, 4.69) is 0 Å². The summed E-state index contributed by atoms with van der Waals surface area (Å²) in [5, 5.41) is 0. The van der Waals surface area contributed by atoms with Crippen molar-refractivity contribution in [1.29, 1.82) is 0 Å². The first-order valence-electron chi connectivity index (χ1n) is 7.18. The Kier molecular flexibility index (Phi) is 5.05. The second-order valence-electron chi connectivity index (χ2n) is 5.86. The van der Waals surface area contributed by atoms with Gasteiger partial charge in [0.05, 0.1) is 11.9 Å². The van der Waals surface area contributed by atoms with Gasteiger partial charge in [0.2, 0.25) is 5.91 Å². The standard InChI is InChI=1S/C15H20FNO4S/c1-11(2)21-14-5-3-12(4-6-14)8-17-9-13(7-15(17)18)10-22(16,19)20/h3-6,11,13H,7-10H2,1-2H3. The Balaban J connectivity index is 1.94. The van der Waals surface area contributed by atoms with Gasteiger partial charge in [0, 0.05) is 25.4 Å². The van der Waals surface area contributed by atoms with E-state index in [0.29, 0.717) is 6.54 Å². The number of hydrogen-bond acceptors (Lipinski definition) is 4. The van der Waals surface area contributed by atoms with E-state index >= 15 is 0 Å². The molecule has 1 unspecified atom stereocenters. The molecule has 0 bridgehead atoms. The highest BCUT2D eigenvalue weighted by Gasteiger charge is 2.32. The van der Waals surface area contributed by atoms with Gasteiger partial charge in [-0.2, -0.15) is 8.42 Å². The molecular formula is C15H20FNO4S. The van der Waals surface area contributed by atoms with Crippen molar-refractivity contribution in [3.8, 4) is 5.75 Å². The van der Waals surface area contributed by atoms with E-state index in [-0.39, 0.29) is 25.0 Å². The quantitative estimate of drug-likeness (QED) is 0.750. The van der Waals surface area contributed by atoms with Crippen molar-refractivity contribution in [2.75, 3.05) is 12.3 Å². The first kappa shape index (κ1) is 16.7. The topological polar surface area (TPSA) is 63.7 Å². The summed E-state index contributed by atoms with van der Waals surface area (Å²) in [6.07, 6.45) is 0.173. The smallest absolute Gasteiger partial charge is 0.302 e. The molecule has 1 aromatic rings. The third-order valence-electron chi connectivity index (χ3n) is 3.40. The number of halogens is 1. The molecule has 22 heavy (non-hydrogen) atoms. The van der Waals surface area contributed by atoms with Crippen LogP contribution in [0.25, 0.3) is 0 Å². The zero-order valence-electron chi connectivity index (χ0n) is 12.7. The Bertz CT molecular complexity index is 627. The molecule has 2 rings (SSSR count). The van der Waals surface area contributed by atoms with Gasteiger partial charge in [-0.1, -0.05) is 12.1 Å². The fourth-order valence-corrected chi connectivity index (χ4v) is 3.35. The average Bonchev–Trinajstić information content (AvgIpc) is 2.69. The van der Waals surface area contributed by atoms with Crippen LogP contribution in [0.3, 0.4) is 0 Å². The number of ether oxygens (including phenoxy) is 1. The average molecular weight is 329 g/mol. The summed E-state index contributed by atoms with van der Waals surface area (Å²) in [6, 6.07) is 7.40. The molecule has 1 aliphatic rings. The molecule has 7 heteroatoms. The fraction of sp³-hybridized carbons (Fsp3) is 0.533. The molecule has 122 valence electrons. The second-order valence-corrected chi connectivity index (χ2v) is 7.27. The summed E-state index contributed by atoms with van der Waals surface area (Å²) < 4.78 is 39.6. The van der Waals surface area contributed by atoms with Crippen LogP contribution >= 0.6 is 0 Å². The van der Waals surface area contributed by atoms with Crippen LogP contribution in [-0.4, -0.2) is 37.6 Å². The molecule has 1 heterocycles. The van der Waals surface area contributed by atoms with Crippen molar-refractivity contribution in [3.63, 3.8) is 0 Å². The molecule has 0 spiro atoms. The summed E-state index contributed by atoms with van der Waals surface area (Å²) in [6.45, 7) is 4.54. The minimum atomic E-state index is -4.54. The van der Waals surface area contributed by atoms with E-state index in [4.69, 9.17) is 4.74 Å². The van der Waals surface area contributed by atoms with Crippen molar-refractivity contribution >= 4 is 16.1 Å². The number of carbonyl (C=O) groups excluding carboxylic acids is 1. The molecule has 0 aliphatic carbocycles. The zero-order valence-corrected chi connectivity index (χ0v) is 13.5. The largest absolute Gasteiger partial charge is 0.491 e. The van der Waals surface area contributed by atoms with Gasteiger partial charge in [-0.25, -0.2) is 0 Å². The minimum absolute atomic E-state index is 0.0810. The van der Waals surface area contributed by atoms with Crippen molar-refractivity contribution < 1.29 is 21.8 Å². The summed E-state index contributed by atoms with van der Waals surface area (Å²) in [4.78, 5) is 13.4. The molecule has 0 radical (unpaired) electrons. The van der Waals surface area contributed by atoms with Crippen LogP contribution in [0.5, 0.6) is 5.75 Å². The summed E-state index contributed by atoms with van der Waals surface area (Å²) in [5.41, 5.74) is 0.924. The number of rotatable bonds is 6. The second kappa shape index (κ2) is 6.64. The first-order chi connectivity index (χ1) is 10.2. The van der Waals surface area contributed by atoms with Crippen molar-refractivity contribution in [3.05, 3.63) is 29.8 Å². The van der Waals surface area contributed by atoms with Gasteiger partial charge in [-0.05, 0) is 31.5 Å². The third-order valence-corrected chi connectivity index (χ3v) is 4.27. The van der Waals surface area contributed by atoms with Crippen molar-refractivity contribution in [1.82, 2.24) is 4.90 Å². The number of amides is 1. The zero-order chi connectivity index (χ0) is 16.3. The third kappa shape index (κ3) is 4.98. The van der Waals surface area contributed by atoms with Gasteiger partial charge in [-0.15, -0.1) is 3.89 Å². The highest BCUT2D eigenvalue weighted by atomic mass is 32.3. The van der Waals surface area contributed by atoms with Gasteiger partial charge in [0.15, 0.2) is 0 Å². The SMILES string of the molecule is CC(C)Oc1ccc(CN2CC(CS(=O)(=O)F)CC2=O)cc1. The fourth-order valence-electron chi connectivity index (χ4n) is 2.57. The Hall–Kier alpha value is -1.63. The van der Waals surface area contributed by atoms with Crippen molar-refractivity contribution in [2.45, 2.75) is 32.9 Å². The molecule has 1 saturated heterocycles. The van der Waals surface area contributed by atoms with Crippen LogP contribution in [0.1, 0.15) is 25.8 Å². The maximum absolute atomic E-state index is 12.7. The highest BCUT2D eigenvalue weighted by molar-refractivity contribution is 7.86. The molecule has 1 aromatic carbocycles. The van der Waals surface area contributed by atoms with E-state index in [1.54, 1.807) is 4.90 Å². The highest BCUT2D eigenvalue weighted by Crippen LogP contribution is 2.23. The number of carbonyl (C=O) groups is 1. The summed E-state index contributed by atoms with van der Waals surface area (Å²) >= 11 is 0. The van der Waals surface area contributed by atoms with Crippen molar-refractivity contribution in [2.24, 2.45) is 5.92 Å². The first-order valence-corrected chi connectivity index (χ1v) is 8.74. The van der Waals surface area contributed by atoms with Crippen LogP contribution in [0.2, 0.25) is 0 Å². The predicted molar refractivity (Wildman–Crippen MR) is 80.6 cm³/mol. The number of nitrogens with zero attached hydrogens (tertiary/aromatic N) is 1. The van der Waals surface area contributed by atoms with E-state index < -0.39 is 21.9 Å². The van der Waals surface area contributed by atoms with Gasteiger partial charge < -0.3 is 9.64 Å². The Morgan fingerprint density at radius 2 is 1.95 bits per heavy atom. The maximum Gasteiger partial charge on any atom is 0.302 e. The lowest BCUT2D eigenvalue weighted by Gasteiger charge is -2.17. The van der Waals surface area contributed by atoms with E-state index in [1.165, 1.54) is 0 Å². The Morgan fingerprint density at radius 1 is 1.32 bits per heavy atom. The van der Waals surface area contributed by atoms with Gasteiger partial charge >= 0.3 is 10.2 Å². The Morgan fingerprint density at radius 3 is 2.50 bits per heavy atom. The van der Waals surface area contributed by atoms with E-state index in [9.17, 15) is 17.1 Å². The lowest BCUT2D eigenvalue weighted by Crippen LogP contribution is -2.25. The molecule has 1 amide bonds. The molecule has 1 aliphatic heterocycles.